The predicted molar refractivity (Wildman–Crippen MR) is 72.7 cm³/mol. The summed E-state index contributed by atoms with van der Waals surface area (Å²) in [5.41, 5.74) is 1.97. The van der Waals surface area contributed by atoms with Crippen molar-refractivity contribution in [1.29, 1.82) is 0 Å². The van der Waals surface area contributed by atoms with Gasteiger partial charge in [-0.15, -0.1) is 0 Å². The van der Waals surface area contributed by atoms with Crippen LogP contribution in [-0.2, 0) is 32.0 Å². The third-order valence-electron chi connectivity index (χ3n) is 3.91. The molecular weight excluding hydrogens is 274 g/mol. The van der Waals surface area contributed by atoms with Crippen LogP contribution in [0.4, 0.5) is 0 Å². The van der Waals surface area contributed by atoms with Crippen LogP contribution < -0.4 is 0 Å². The summed E-state index contributed by atoms with van der Waals surface area (Å²) in [5.74, 6) is -1.30. The number of carboxylic acid groups (broad SMARTS) is 1. The highest BCUT2D eigenvalue weighted by Crippen LogP contribution is 2.25. The number of carbonyl (C=O) groups is 2. The van der Waals surface area contributed by atoms with Gasteiger partial charge in [0.15, 0.2) is 6.10 Å². The molecule has 1 aromatic rings. The second kappa shape index (κ2) is 5.83. The first-order chi connectivity index (χ1) is 10.2. The lowest BCUT2D eigenvalue weighted by atomic mass is 9.93. The van der Waals surface area contributed by atoms with Crippen LogP contribution >= 0.6 is 0 Å². The van der Waals surface area contributed by atoms with Gasteiger partial charge in [0.1, 0.15) is 6.04 Å². The molecule has 1 N–H and O–H groups in total. The number of aliphatic carboxylic acids is 1. The number of benzene rings is 1. The smallest absolute Gasteiger partial charge is 0.326 e. The number of rotatable bonds is 2. The summed E-state index contributed by atoms with van der Waals surface area (Å²) in [5, 5.41) is 9.42. The first-order valence-electron chi connectivity index (χ1n) is 6.96. The van der Waals surface area contributed by atoms with Crippen LogP contribution in [0.25, 0.3) is 0 Å². The fourth-order valence-electron chi connectivity index (χ4n) is 2.79. The van der Waals surface area contributed by atoms with E-state index >= 15 is 0 Å². The van der Waals surface area contributed by atoms with Gasteiger partial charge in [-0.1, -0.05) is 24.3 Å². The van der Waals surface area contributed by atoms with Crippen LogP contribution in [0.2, 0.25) is 0 Å². The van der Waals surface area contributed by atoms with Gasteiger partial charge in [-0.3, -0.25) is 4.79 Å². The highest BCUT2D eigenvalue weighted by Gasteiger charge is 2.38. The van der Waals surface area contributed by atoms with E-state index in [-0.39, 0.29) is 12.5 Å². The van der Waals surface area contributed by atoms with Crippen LogP contribution in [0.3, 0.4) is 0 Å². The maximum atomic E-state index is 12.5. The first kappa shape index (κ1) is 14.0. The van der Waals surface area contributed by atoms with Gasteiger partial charge in [0.25, 0.3) is 5.91 Å². The van der Waals surface area contributed by atoms with Gasteiger partial charge >= 0.3 is 5.97 Å². The maximum absolute atomic E-state index is 12.5. The van der Waals surface area contributed by atoms with E-state index in [1.54, 1.807) is 0 Å². The quantitative estimate of drug-likeness (QED) is 0.855. The van der Waals surface area contributed by atoms with Crippen molar-refractivity contribution >= 4 is 11.9 Å². The van der Waals surface area contributed by atoms with Crippen molar-refractivity contribution in [2.24, 2.45) is 0 Å². The topological polar surface area (TPSA) is 76.1 Å². The van der Waals surface area contributed by atoms with Gasteiger partial charge in [-0.2, -0.15) is 0 Å². The summed E-state index contributed by atoms with van der Waals surface area (Å²) >= 11 is 0. The van der Waals surface area contributed by atoms with Crippen molar-refractivity contribution in [2.75, 3.05) is 19.8 Å². The second-order valence-electron chi connectivity index (χ2n) is 5.23. The van der Waals surface area contributed by atoms with Crippen molar-refractivity contribution in [2.45, 2.75) is 25.1 Å². The minimum absolute atomic E-state index is 0.184. The molecule has 0 aromatic heterocycles. The van der Waals surface area contributed by atoms with Gasteiger partial charge in [0.05, 0.1) is 19.8 Å². The number of ether oxygens (including phenoxy) is 2. The van der Waals surface area contributed by atoms with E-state index in [1.807, 2.05) is 24.3 Å². The van der Waals surface area contributed by atoms with E-state index in [0.29, 0.717) is 26.2 Å². The van der Waals surface area contributed by atoms with Crippen molar-refractivity contribution in [3.8, 4) is 0 Å². The van der Waals surface area contributed by atoms with Gasteiger partial charge in [-0.25, -0.2) is 4.79 Å². The molecule has 0 radical (unpaired) electrons. The van der Waals surface area contributed by atoms with Gasteiger partial charge in [-0.05, 0) is 11.1 Å². The van der Waals surface area contributed by atoms with Crippen molar-refractivity contribution < 1.29 is 24.2 Å². The zero-order valence-corrected chi connectivity index (χ0v) is 11.5. The SMILES string of the molecule is O=C(O)[C@@H]1Cc2ccccc2CN1C(=O)[C@@H]1COCCO1. The third-order valence-corrected chi connectivity index (χ3v) is 3.91. The number of amides is 1. The Kier molecular flexibility index (Phi) is 3.90. The molecule has 2 heterocycles. The highest BCUT2D eigenvalue weighted by molar-refractivity contribution is 5.87. The van der Waals surface area contributed by atoms with Crippen LogP contribution in [0, 0.1) is 0 Å². The Bertz CT molecular complexity index is 553. The molecule has 0 aliphatic carbocycles. The van der Waals surface area contributed by atoms with Crippen LogP contribution in [0.15, 0.2) is 24.3 Å². The Morgan fingerprint density at radius 3 is 2.62 bits per heavy atom. The van der Waals surface area contributed by atoms with Crippen molar-refractivity contribution in [3.05, 3.63) is 35.4 Å². The average molecular weight is 291 g/mol. The largest absolute Gasteiger partial charge is 0.480 e. The van der Waals surface area contributed by atoms with Crippen molar-refractivity contribution in [3.63, 3.8) is 0 Å². The lowest BCUT2D eigenvalue weighted by molar-refractivity contribution is -0.166. The van der Waals surface area contributed by atoms with Gasteiger partial charge in [0.2, 0.25) is 0 Å². The summed E-state index contributed by atoms with van der Waals surface area (Å²) < 4.78 is 10.6. The Labute approximate surface area is 122 Å². The molecule has 1 fully saturated rings. The summed E-state index contributed by atoms with van der Waals surface area (Å²) in [6.45, 7) is 1.31. The molecule has 6 nitrogen and oxygen atoms in total. The van der Waals surface area contributed by atoms with E-state index in [0.717, 1.165) is 11.1 Å². The summed E-state index contributed by atoms with van der Waals surface area (Å²) in [6.07, 6.45) is -0.379. The van der Waals surface area contributed by atoms with E-state index < -0.39 is 18.1 Å². The fourth-order valence-corrected chi connectivity index (χ4v) is 2.79. The number of nitrogens with zero attached hydrogens (tertiary/aromatic N) is 1. The van der Waals surface area contributed by atoms with Crippen molar-refractivity contribution in [1.82, 2.24) is 4.90 Å². The molecule has 21 heavy (non-hydrogen) atoms. The predicted octanol–water partition coefficient (Wildman–Crippen LogP) is 0.440. The monoisotopic (exact) mass is 291 g/mol. The molecule has 0 saturated carbocycles. The minimum Gasteiger partial charge on any atom is -0.480 e. The molecule has 0 bridgehead atoms. The molecule has 0 spiro atoms. The molecule has 3 rings (SSSR count). The minimum atomic E-state index is -0.991. The Balaban J connectivity index is 1.85. The average Bonchev–Trinajstić information content (AvgIpc) is 2.53. The van der Waals surface area contributed by atoms with Crippen LogP contribution in [0.5, 0.6) is 0 Å². The summed E-state index contributed by atoms with van der Waals surface area (Å²) in [4.78, 5) is 25.4. The zero-order valence-electron chi connectivity index (χ0n) is 11.5. The Hall–Kier alpha value is -1.92. The molecule has 2 aliphatic rings. The molecular formula is C15H17NO5. The molecule has 112 valence electrons. The molecule has 1 saturated heterocycles. The standard InChI is InChI=1S/C15H17NO5/c17-14(13-9-20-5-6-21-13)16-8-11-4-2-1-3-10(11)7-12(16)15(18)19/h1-4,12-13H,5-9H2,(H,18,19)/t12-,13-/m0/s1. The number of hydrogen-bond acceptors (Lipinski definition) is 4. The number of hydrogen-bond donors (Lipinski definition) is 1. The second-order valence-corrected chi connectivity index (χ2v) is 5.23. The maximum Gasteiger partial charge on any atom is 0.326 e. The lowest BCUT2D eigenvalue weighted by Gasteiger charge is -2.37. The molecule has 2 atom stereocenters. The number of carboxylic acids is 1. The van der Waals surface area contributed by atoms with Crippen LogP contribution in [0.1, 0.15) is 11.1 Å². The molecule has 1 aromatic carbocycles. The van der Waals surface area contributed by atoms with E-state index in [1.165, 1.54) is 4.90 Å². The lowest BCUT2D eigenvalue weighted by Crippen LogP contribution is -2.54. The number of fused-ring (bicyclic) bond motifs is 1. The molecule has 2 aliphatic heterocycles. The third kappa shape index (κ3) is 2.77. The summed E-state index contributed by atoms with van der Waals surface area (Å²) in [7, 11) is 0. The highest BCUT2D eigenvalue weighted by atomic mass is 16.6. The normalized spacial score (nSPS) is 25.2. The van der Waals surface area contributed by atoms with E-state index in [9.17, 15) is 14.7 Å². The zero-order chi connectivity index (χ0) is 14.8. The van der Waals surface area contributed by atoms with Gasteiger partial charge < -0.3 is 19.5 Å². The number of carbonyl (C=O) groups excluding carboxylic acids is 1. The molecule has 0 unspecified atom stereocenters. The molecule has 6 heteroatoms. The van der Waals surface area contributed by atoms with Crippen LogP contribution in [-0.4, -0.2) is 53.8 Å². The Morgan fingerprint density at radius 2 is 1.95 bits per heavy atom. The van der Waals surface area contributed by atoms with E-state index in [4.69, 9.17) is 9.47 Å². The fraction of sp³-hybridized carbons (Fsp3) is 0.467. The Morgan fingerprint density at radius 1 is 1.19 bits per heavy atom. The first-order valence-corrected chi connectivity index (χ1v) is 6.96. The summed E-state index contributed by atoms with van der Waals surface area (Å²) in [6, 6.07) is 6.76. The molecule has 1 amide bonds. The van der Waals surface area contributed by atoms with E-state index in [2.05, 4.69) is 0 Å². The van der Waals surface area contributed by atoms with Gasteiger partial charge in [0, 0.05) is 13.0 Å².